The molecule has 0 bridgehead atoms. The van der Waals surface area contributed by atoms with E-state index in [9.17, 15) is 0 Å². The van der Waals surface area contributed by atoms with Crippen molar-refractivity contribution in [2.24, 2.45) is 4.99 Å². The highest BCUT2D eigenvalue weighted by molar-refractivity contribution is 7.13. The van der Waals surface area contributed by atoms with E-state index in [0.717, 1.165) is 29.8 Å². The minimum atomic E-state index is 0.176. The molecule has 7 nitrogen and oxygen atoms in total. The molecule has 1 fully saturated rings. The molecule has 1 aromatic heterocycles. The van der Waals surface area contributed by atoms with E-state index in [0.29, 0.717) is 19.8 Å². The summed E-state index contributed by atoms with van der Waals surface area (Å²) in [6.45, 7) is 4.87. The van der Waals surface area contributed by atoms with Gasteiger partial charge < -0.3 is 25.0 Å². The zero-order valence-corrected chi connectivity index (χ0v) is 15.2. The van der Waals surface area contributed by atoms with Crippen LogP contribution in [-0.2, 0) is 16.0 Å². The number of aliphatic imine (C=N–C) groups is 1. The van der Waals surface area contributed by atoms with Crippen LogP contribution in [-0.4, -0.2) is 64.1 Å². The molecule has 2 N–H and O–H groups in total. The van der Waals surface area contributed by atoms with E-state index < -0.39 is 0 Å². The van der Waals surface area contributed by atoms with Gasteiger partial charge in [0.05, 0.1) is 31.6 Å². The van der Waals surface area contributed by atoms with E-state index in [1.165, 1.54) is 0 Å². The molecule has 1 aliphatic rings. The third kappa shape index (κ3) is 5.96. The molecule has 0 amide bonds. The van der Waals surface area contributed by atoms with Gasteiger partial charge in [-0.15, -0.1) is 11.3 Å². The number of nitrogens with zero attached hydrogens (tertiary/aromatic N) is 3. The average molecular weight is 341 g/mol. The summed E-state index contributed by atoms with van der Waals surface area (Å²) in [4.78, 5) is 10.8. The fraction of sp³-hybridized carbons (Fsp3) is 0.733. The lowest BCUT2D eigenvalue weighted by Crippen LogP contribution is -2.44. The highest BCUT2D eigenvalue weighted by Gasteiger charge is 2.17. The van der Waals surface area contributed by atoms with Gasteiger partial charge in [-0.25, -0.2) is 4.98 Å². The van der Waals surface area contributed by atoms with Crippen LogP contribution in [0.15, 0.2) is 10.4 Å². The Morgan fingerprint density at radius 1 is 1.61 bits per heavy atom. The highest BCUT2D eigenvalue weighted by atomic mass is 32.1. The van der Waals surface area contributed by atoms with Gasteiger partial charge in [0.25, 0.3) is 0 Å². The molecule has 0 aliphatic carbocycles. The second-order valence-corrected chi connectivity index (χ2v) is 6.64. The number of hydrogen-bond donors (Lipinski definition) is 2. The second-order valence-electron chi connectivity index (χ2n) is 5.81. The SMILES string of the molecule is CN=C(NCc1csc(N(C)C)n1)NC(C)COC1CCOC1. The Labute approximate surface area is 142 Å². The van der Waals surface area contributed by atoms with Gasteiger partial charge in [-0.2, -0.15) is 0 Å². The number of aromatic nitrogens is 1. The third-order valence-corrected chi connectivity index (χ3v) is 4.49. The van der Waals surface area contributed by atoms with Gasteiger partial charge in [0.15, 0.2) is 11.1 Å². The zero-order chi connectivity index (χ0) is 16.7. The first-order chi connectivity index (χ1) is 11.1. The number of guanidine groups is 1. The fourth-order valence-corrected chi connectivity index (χ4v) is 2.91. The highest BCUT2D eigenvalue weighted by Crippen LogP contribution is 2.17. The van der Waals surface area contributed by atoms with Crippen molar-refractivity contribution in [1.29, 1.82) is 0 Å². The predicted octanol–water partition coefficient (Wildman–Crippen LogP) is 1.07. The molecule has 0 radical (unpaired) electrons. The molecule has 2 atom stereocenters. The van der Waals surface area contributed by atoms with E-state index in [2.05, 4.69) is 32.9 Å². The molecule has 23 heavy (non-hydrogen) atoms. The molecule has 1 aromatic rings. The van der Waals surface area contributed by atoms with Crippen molar-refractivity contribution in [3.8, 4) is 0 Å². The van der Waals surface area contributed by atoms with Crippen LogP contribution >= 0.6 is 11.3 Å². The molecule has 130 valence electrons. The van der Waals surface area contributed by atoms with Crippen LogP contribution in [0.3, 0.4) is 0 Å². The normalized spacial score (nSPS) is 19.7. The topological polar surface area (TPSA) is 71.0 Å². The van der Waals surface area contributed by atoms with Gasteiger partial charge in [-0.3, -0.25) is 4.99 Å². The minimum Gasteiger partial charge on any atom is -0.379 e. The average Bonchev–Trinajstić information content (AvgIpc) is 3.20. The maximum atomic E-state index is 5.82. The Morgan fingerprint density at radius 3 is 3.04 bits per heavy atom. The van der Waals surface area contributed by atoms with Crippen molar-refractivity contribution in [3.05, 3.63) is 11.1 Å². The number of hydrogen-bond acceptors (Lipinski definition) is 6. The first-order valence-corrected chi connectivity index (χ1v) is 8.74. The molecule has 2 heterocycles. The molecule has 8 heteroatoms. The van der Waals surface area contributed by atoms with E-state index in [1.807, 2.05) is 19.0 Å². The summed E-state index contributed by atoms with van der Waals surface area (Å²) in [5.74, 6) is 0.753. The Kier molecular flexibility index (Phi) is 7.07. The van der Waals surface area contributed by atoms with Crippen LogP contribution in [0.2, 0.25) is 0 Å². The molecule has 0 spiro atoms. The van der Waals surface area contributed by atoms with Gasteiger partial charge in [-0.1, -0.05) is 0 Å². The third-order valence-electron chi connectivity index (χ3n) is 3.44. The molecular weight excluding hydrogens is 314 g/mol. The van der Waals surface area contributed by atoms with Crippen molar-refractivity contribution in [3.63, 3.8) is 0 Å². The van der Waals surface area contributed by atoms with Gasteiger partial charge in [-0.05, 0) is 13.3 Å². The minimum absolute atomic E-state index is 0.176. The lowest BCUT2D eigenvalue weighted by atomic mass is 10.3. The van der Waals surface area contributed by atoms with Crippen molar-refractivity contribution in [2.45, 2.75) is 32.0 Å². The van der Waals surface area contributed by atoms with Crippen LogP contribution in [0.1, 0.15) is 19.0 Å². The lowest BCUT2D eigenvalue weighted by Gasteiger charge is -2.19. The number of ether oxygens (including phenoxy) is 2. The summed E-state index contributed by atoms with van der Waals surface area (Å²) in [5, 5.41) is 9.67. The van der Waals surface area contributed by atoms with Crippen LogP contribution in [0.25, 0.3) is 0 Å². The summed E-state index contributed by atoms with van der Waals surface area (Å²) in [7, 11) is 5.75. The predicted molar refractivity (Wildman–Crippen MR) is 94.4 cm³/mol. The lowest BCUT2D eigenvalue weighted by molar-refractivity contribution is 0.0347. The van der Waals surface area contributed by atoms with E-state index >= 15 is 0 Å². The number of rotatable bonds is 7. The molecule has 1 saturated heterocycles. The van der Waals surface area contributed by atoms with Crippen LogP contribution in [0, 0.1) is 0 Å². The molecule has 0 saturated carbocycles. The monoisotopic (exact) mass is 341 g/mol. The summed E-state index contributed by atoms with van der Waals surface area (Å²) in [6.07, 6.45) is 1.21. The van der Waals surface area contributed by atoms with Crippen molar-refractivity contribution >= 4 is 22.4 Å². The summed E-state index contributed by atoms with van der Waals surface area (Å²) in [5.41, 5.74) is 1.01. The van der Waals surface area contributed by atoms with E-state index in [1.54, 1.807) is 18.4 Å². The van der Waals surface area contributed by atoms with Crippen molar-refractivity contribution in [2.75, 3.05) is 45.9 Å². The van der Waals surface area contributed by atoms with Crippen LogP contribution < -0.4 is 15.5 Å². The second kappa shape index (κ2) is 9.05. The number of anilines is 1. The maximum Gasteiger partial charge on any atom is 0.191 e. The Morgan fingerprint density at radius 2 is 2.43 bits per heavy atom. The van der Waals surface area contributed by atoms with Gasteiger partial charge in [0, 0.05) is 39.2 Å². The Hall–Kier alpha value is -1.38. The van der Waals surface area contributed by atoms with Gasteiger partial charge in [0.1, 0.15) is 0 Å². The molecular formula is C15H27N5O2S. The molecule has 2 unspecified atom stereocenters. The van der Waals surface area contributed by atoms with Crippen molar-refractivity contribution in [1.82, 2.24) is 15.6 Å². The molecule has 0 aromatic carbocycles. The fourth-order valence-electron chi connectivity index (χ4n) is 2.15. The van der Waals surface area contributed by atoms with Gasteiger partial charge >= 0.3 is 0 Å². The maximum absolute atomic E-state index is 5.82. The summed E-state index contributed by atoms with van der Waals surface area (Å²) < 4.78 is 11.1. The number of thiazole rings is 1. The molecule has 1 aliphatic heterocycles. The van der Waals surface area contributed by atoms with Gasteiger partial charge in [0.2, 0.25) is 0 Å². The first-order valence-electron chi connectivity index (χ1n) is 7.86. The smallest absolute Gasteiger partial charge is 0.191 e. The van der Waals surface area contributed by atoms with E-state index in [-0.39, 0.29) is 12.1 Å². The zero-order valence-electron chi connectivity index (χ0n) is 14.3. The standard InChI is InChI=1S/C15H27N5O2S/c1-11(8-22-13-5-6-21-9-13)18-14(16-2)17-7-12-10-23-15(19-12)20(3)4/h10-11,13H,5-9H2,1-4H3,(H2,16,17,18). The summed E-state index contributed by atoms with van der Waals surface area (Å²) >= 11 is 1.64. The van der Waals surface area contributed by atoms with Crippen LogP contribution in [0.5, 0.6) is 0 Å². The molecule has 2 rings (SSSR count). The summed E-state index contributed by atoms with van der Waals surface area (Å²) in [6, 6.07) is 0.176. The van der Waals surface area contributed by atoms with E-state index in [4.69, 9.17) is 9.47 Å². The van der Waals surface area contributed by atoms with Crippen molar-refractivity contribution < 1.29 is 9.47 Å². The number of nitrogens with one attached hydrogen (secondary N) is 2. The Bertz CT molecular complexity index is 500. The largest absolute Gasteiger partial charge is 0.379 e. The Balaban J connectivity index is 1.71. The quantitative estimate of drug-likeness (QED) is 0.571. The van der Waals surface area contributed by atoms with Crippen LogP contribution in [0.4, 0.5) is 5.13 Å². The first kappa shape index (κ1) is 18.0.